The average Bonchev–Trinajstić information content (AvgIpc) is 2.74. The molecule has 0 fully saturated rings. The second-order valence-corrected chi connectivity index (χ2v) is 6.71. The van der Waals surface area contributed by atoms with Crippen LogP contribution in [-0.2, 0) is 17.1 Å². The van der Waals surface area contributed by atoms with E-state index in [0.29, 0.717) is 10.2 Å². The van der Waals surface area contributed by atoms with Crippen LogP contribution in [0.25, 0.3) is 0 Å². The average molecular weight is 322 g/mol. The molecule has 0 aliphatic heterocycles. The van der Waals surface area contributed by atoms with Crippen molar-refractivity contribution in [1.29, 1.82) is 0 Å². The number of nitrogens with one attached hydrogen (secondary N) is 1. The van der Waals surface area contributed by atoms with Gasteiger partial charge in [0.05, 0.1) is 11.9 Å². The topological polar surface area (TPSA) is 64.0 Å². The third-order valence-corrected chi connectivity index (χ3v) is 5.84. The van der Waals surface area contributed by atoms with Gasteiger partial charge >= 0.3 is 0 Å². The lowest BCUT2D eigenvalue weighted by atomic mass is 10.6. The molecule has 1 N–H and O–H groups in total. The molecule has 5 nitrogen and oxygen atoms in total. The third-order valence-electron chi connectivity index (χ3n) is 1.79. The van der Waals surface area contributed by atoms with Gasteiger partial charge in [0, 0.05) is 17.7 Å². The summed E-state index contributed by atoms with van der Waals surface area (Å²) in [4.78, 5) is 0. The molecule has 0 saturated carbocycles. The molecule has 0 aliphatic carbocycles. The van der Waals surface area contributed by atoms with Gasteiger partial charge in [-0.3, -0.25) is 9.40 Å². The smallest absolute Gasteiger partial charge is 0.272 e. The summed E-state index contributed by atoms with van der Waals surface area (Å²) in [7, 11) is -1.80. The van der Waals surface area contributed by atoms with Crippen molar-refractivity contribution < 1.29 is 8.42 Å². The quantitative estimate of drug-likeness (QED) is 0.940. The maximum Gasteiger partial charge on any atom is 0.272 e. The molecule has 0 atom stereocenters. The Labute approximate surface area is 105 Å². The molecule has 0 bridgehead atoms. The first kappa shape index (κ1) is 11.6. The summed E-state index contributed by atoms with van der Waals surface area (Å²) in [5.74, 6) is 0. The number of halogens is 1. The summed E-state index contributed by atoms with van der Waals surface area (Å²) in [5.41, 5.74) is 0.447. The van der Waals surface area contributed by atoms with Crippen LogP contribution < -0.4 is 4.72 Å². The van der Waals surface area contributed by atoms with Crippen LogP contribution in [0.1, 0.15) is 0 Å². The van der Waals surface area contributed by atoms with Crippen LogP contribution in [-0.4, -0.2) is 18.2 Å². The van der Waals surface area contributed by atoms with Crippen molar-refractivity contribution in [3.05, 3.63) is 28.3 Å². The van der Waals surface area contributed by atoms with Crippen LogP contribution in [0.4, 0.5) is 5.69 Å². The molecule has 0 radical (unpaired) electrons. The minimum atomic E-state index is -3.52. The first-order valence-corrected chi connectivity index (χ1v) is 7.39. The van der Waals surface area contributed by atoms with E-state index >= 15 is 0 Å². The third kappa shape index (κ3) is 2.28. The maximum absolute atomic E-state index is 11.9. The molecule has 0 spiro atoms. The van der Waals surface area contributed by atoms with E-state index in [1.807, 2.05) is 0 Å². The Bertz CT molecular complexity index is 602. The van der Waals surface area contributed by atoms with Crippen LogP contribution in [0.3, 0.4) is 0 Å². The zero-order valence-corrected chi connectivity index (χ0v) is 11.4. The van der Waals surface area contributed by atoms with E-state index in [9.17, 15) is 8.42 Å². The molecule has 2 aromatic rings. The Balaban J connectivity index is 2.31. The lowest BCUT2D eigenvalue weighted by Gasteiger charge is -2.03. The van der Waals surface area contributed by atoms with Crippen molar-refractivity contribution in [2.45, 2.75) is 4.21 Å². The molecule has 0 aromatic carbocycles. The molecular weight excluding hydrogens is 314 g/mol. The Morgan fingerprint density at radius 1 is 1.56 bits per heavy atom. The van der Waals surface area contributed by atoms with E-state index in [4.69, 9.17) is 0 Å². The van der Waals surface area contributed by atoms with Crippen LogP contribution in [0.5, 0.6) is 0 Å². The predicted octanol–water partition coefficient (Wildman–Crippen LogP) is 2.04. The Morgan fingerprint density at radius 3 is 2.81 bits per heavy atom. The van der Waals surface area contributed by atoms with E-state index in [1.54, 1.807) is 24.7 Å². The van der Waals surface area contributed by atoms with Gasteiger partial charge in [-0.15, -0.1) is 11.3 Å². The van der Waals surface area contributed by atoms with Crippen molar-refractivity contribution in [1.82, 2.24) is 9.78 Å². The highest BCUT2D eigenvalue weighted by Gasteiger charge is 2.19. The lowest BCUT2D eigenvalue weighted by molar-refractivity contribution is 0.603. The highest BCUT2D eigenvalue weighted by Crippen LogP contribution is 2.28. The molecule has 2 rings (SSSR count). The first-order chi connectivity index (χ1) is 7.49. The number of anilines is 1. The molecule has 2 heterocycles. The summed E-state index contributed by atoms with van der Waals surface area (Å²) >= 11 is 4.35. The predicted molar refractivity (Wildman–Crippen MR) is 66.0 cm³/mol. The zero-order chi connectivity index (χ0) is 11.8. The van der Waals surface area contributed by atoms with E-state index < -0.39 is 10.0 Å². The summed E-state index contributed by atoms with van der Waals surface area (Å²) in [6.45, 7) is 0. The molecule has 86 valence electrons. The number of aryl methyl sites for hydroxylation is 1. The molecule has 0 amide bonds. The number of aromatic nitrogens is 2. The van der Waals surface area contributed by atoms with Gasteiger partial charge in [-0.05, 0) is 27.4 Å². The number of rotatable bonds is 3. The summed E-state index contributed by atoms with van der Waals surface area (Å²) in [5, 5.41) is 5.60. The molecule has 2 aromatic heterocycles. The Morgan fingerprint density at radius 2 is 2.31 bits per heavy atom. The molecule has 16 heavy (non-hydrogen) atoms. The van der Waals surface area contributed by atoms with E-state index in [2.05, 4.69) is 25.8 Å². The zero-order valence-electron chi connectivity index (χ0n) is 8.21. The van der Waals surface area contributed by atoms with Gasteiger partial charge in [-0.25, -0.2) is 8.42 Å². The number of sulfonamides is 1. The Kier molecular flexibility index (Phi) is 3.04. The van der Waals surface area contributed by atoms with Crippen molar-refractivity contribution >= 4 is 43.0 Å². The minimum Gasteiger partial charge on any atom is -0.276 e. The normalized spacial score (nSPS) is 11.6. The monoisotopic (exact) mass is 321 g/mol. The van der Waals surface area contributed by atoms with Gasteiger partial charge in [0.1, 0.15) is 0 Å². The fraction of sp³-hybridized carbons (Fsp3) is 0.125. The SMILES string of the molecule is Cn1cc(NS(=O)(=O)c2sccc2Br)cn1. The van der Waals surface area contributed by atoms with Crippen LogP contribution in [0.2, 0.25) is 0 Å². The lowest BCUT2D eigenvalue weighted by Crippen LogP contribution is -2.11. The van der Waals surface area contributed by atoms with Crippen molar-refractivity contribution in [2.75, 3.05) is 4.72 Å². The second kappa shape index (κ2) is 4.19. The standard InChI is InChI=1S/C8H8BrN3O2S2/c1-12-5-6(4-10-12)11-16(13,14)8-7(9)2-3-15-8/h2-5,11H,1H3. The van der Waals surface area contributed by atoms with Gasteiger partial charge in [0.2, 0.25) is 0 Å². The number of hydrogen-bond acceptors (Lipinski definition) is 4. The summed E-state index contributed by atoms with van der Waals surface area (Å²) in [6, 6.07) is 1.70. The fourth-order valence-corrected chi connectivity index (χ4v) is 4.51. The second-order valence-electron chi connectivity index (χ2n) is 3.06. The van der Waals surface area contributed by atoms with Crippen molar-refractivity contribution in [3.63, 3.8) is 0 Å². The number of nitrogens with zero attached hydrogens (tertiary/aromatic N) is 2. The minimum absolute atomic E-state index is 0.261. The summed E-state index contributed by atoms with van der Waals surface area (Å²) in [6.07, 6.45) is 3.05. The molecular formula is C8H8BrN3O2S2. The summed E-state index contributed by atoms with van der Waals surface area (Å²) < 4.78 is 28.7. The van der Waals surface area contributed by atoms with Gasteiger partial charge in [-0.2, -0.15) is 5.10 Å². The van der Waals surface area contributed by atoms with Gasteiger partial charge in [0.25, 0.3) is 10.0 Å². The van der Waals surface area contributed by atoms with Crippen molar-refractivity contribution in [3.8, 4) is 0 Å². The molecule has 0 saturated heterocycles. The van der Waals surface area contributed by atoms with E-state index in [0.717, 1.165) is 11.3 Å². The van der Waals surface area contributed by atoms with Crippen molar-refractivity contribution in [2.24, 2.45) is 7.05 Å². The fourth-order valence-electron chi connectivity index (χ4n) is 1.15. The molecule has 8 heteroatoms. The Hall–Kier alpha value is -0.860. The van der Waals surface area contributed by atoms with E-state index in [1.165, 1.54) is 10.9 Å². The van der Waals surface area contributed by atoms with Gasteiger partial charge < -0.3 is 0 Å². The largest absolute Gasteiger partial charge is 0.276 e. The number of thiophene rings is 1. The highest BCUT2D eigenvalue weighted by atomic mass is 79.9. The van der Waals surface area contributed by atoms with Crippen LogP contribution in [0.15, 0.2) is 32.5 Å². The first-order valence-electron chi connectivity index (χ1n) is 4.23. The van der Waals surface area contributed by atoms with Crippen LogP contribution in [0, 0.1) is 0 Å². The number of hydrogen-bond donors (Lipinski definition) is 1. The van der Waals surface area contributed by atoms with Gasteiger partial charge in [0.15, 0.2) is 4.21 Å². The molecule has 0 unspecified atom stereocenters. The van der Waals surface area contributed by atoms with Gasteiger partial charge in [-0.1, -0.05) is 0 Å². The van der Waals surface area contributed by atoms with E-state index in [-0.39, 0.29) is 4.21 Å². The van der Waals surface area contributed by atoms with Crippen LogP contribution >= 0.6 is 27.3 Å². The molecule has 0 aliphatic rings. The highest BCUT2D eigenvalue weighted by molar-refractivity contribution is 9.10. The maximum atomic E-state index is 11.9.